The number of hydrogen-bond acceptors (Lipinski definition) is 9. The van der Waals surface area contributed by atoms with Crippen molar-refractivity contribution in [2.75, 3.05) is 49.6 Å². The van der Waals surface area contributed by atoms with E-state index in [1.807, 2.05) is 0 Å². The van der Waals surface area contributed by atoms with Crippen molar-refractivity contribution in [1.82, 2.24) is 21.6 Å². The van der Waals surface area contributed by atoms with Gasteiger partial charge in [-0.1, -0.05) is 0 Å². The first-order valence-corrected chi connectivity index (χ1v) is 15.0. The minimum absolute atomic E-state index is 0.00560. The third-order valence-electron chi connectivity index (χ3n) is 7.33. The van der Waals surface area contributed by atoms with Gasteiger partial charge in [-0.2, -0.15) is 0 Å². The topological polar surface area (TPSA) is 107 Å². The van der Waals surface area contributed by atoms with Crippen LogP contribution in [0.1, 0.15) is 39.5 Å². The number of carbonyl (C=O) groups is 1. The normalized spacial score (nSPS) is 23.0. The molecule has 0 radical (unpaired) electrons. The van der Waals surface area contributed by atoms with Crippen LogP contribution in [0.2, 0.25) is 0 Å². The number of carbonyl (C=O) groups excluding carboxylic acids is 1. The minimum atomic E-state index is -0.764. The number of fused-ring (bicyclic) bond motifs is 1. The molecule has 11 nitrogen and oxygen atoms in total. The van der Waals surface area contributed by atoms with E-state index in [0.717, 1.165) is 32.0 Å². The van der Waals surface area contributed by atoms with Crippen molar-refractivity contribution in [3.05, 3.63) is 30.0 Å². The fourth-order valence-electron chi connectivity index (χ4n) is 5.58. The average molecular weight is 660 g/mol. The molecule has 1 aromatic carbocycles. The van der Waals surface area contributed by atoms with Crippen molar-refractivity contribution >= 4 is 29.2 Å². The third-order valence-corrected chi connectivity index (χ3v) is 9.16. The van der Waals surface area contributed by atoms with Crippen molar-refractivity contribution in [3.63, 3.8) is 0 Å². The first-order chi connectivity index (χ1) is 18.7. The van der Waals surface area contributed by atoms with Crippen LogP contribution >= 0.6 is 0 Å². The third kappa shape index (κ3) is 5.98. The van der Waals surface area contributed by atoms with E-state index in [-0.39, 0.29) is 47.4 Å². The van der Waals surface area contributed by atoms with Gasteiger partial charge < -0.3 is 0 Å². The molecule has 3 fully saturated rings. The Bertz CT molecular complexity index is 1220. The summed E-state index contributed by atoms with van der Waals surface area (Å²) in [4.78, 5) is 23.6. The Morgan fingerprint density at radius 3 is 2.82 bits per heavy atom. The van der Waals surface area contributed by atoms with Gasteiger partial charge in [-0.3, -0.25) is 4.90 Å². The Morgan fingerprint density at radius 2 is 2.08 bits per heavy atom. The quantitative estimate of drug-likeness (QED) is 0.203. The first kappa shape index (κ1) is 28.0. The number of benzene rings is 1. The molecule has 0 spiro atoms. The molecule has 2 amide bonds. The number of hydrogen-bond donors (Lipinski definition) is 3. The van der Waals surface area contributed by atoms with Gasteiger partial charge in [-0.15, -0.1) is 0 Å². The molecule has 39 heavy (non-hydrogen) atoms. The van der Waals surface area contributed by atoms with E-state index >= 15 is 4.39 Å². The van der Waals surface area contributed by atoms with Crippen molar-refractivity contribution < 1.29 is 44.8 Å². The number of ether oxygens (including phenoxy) is 2. The Balaban J connectivity index is 1.37. The summed E-state index contributed by atoms with van der Waals surface area (Å²) < 4.78 is 45.3. The second-order valence-corrected chi connectivity index (χ2v) is 12.9. The van der Waals surface area contributed by atoms with Gasteiger partial charge in [0.2, 0.25) is 0 Å². The van der Waals surface area contributed by atoms with E-state index < -0.39 is 33.4 Å². The number of aromatic nitrogens is 2. The molecular weight excluding hydrogens is 625 g/mol. The van der Waals surface area contributed by atoms with Gasteiger partial charge in [0.1, 0.15) is 0 Å². The number of halogens is 3. The zero-order chi connectivity index (χ0) is 27.7. The van der Waals surface area contributed by atoms with E-state index in [0.29, 0.717) is 18.3 Å². The number of piperidine rings is 1. The van der Waals surface area contributed by atoms with Crippen molar-refractivity contribution in [2.24, 2.45) is 0 Å². The van der Waals surface area contributed by atoms with Gasteiger partial charge in [0, 0.05) is 11.6 Å². The van der Waals surface area contributed by atoms with Crippen LogP contribution < -0.4 is 45.8 Å². The zero-order valence-electron chi connectivity index (χ0n) is 22.4. The summed E-state index contributed by atoms with van der Waals surface area (Å²) in [5.41, 5.74) is 0.352. The van der Waals surface area contributed by atoms with Crippen molar-refractivity contribution in [1.29, 1.82) is 0 Å². The molecule has 0 aliphatic carbocycles. The molecular formula is C25H34F2IN8O3-. The molecule has 3 N–H and O–H groups in total. The predicted octanol–water partition coefficient (Wildman–Crippen LogP) is 0.636. The second kappa shape index (κ2) is 11.5. The van der Waals surface area contributed by atoms with Gasteiger partial charge in [0.05, 0.1) is 0 Å². The van der Waals surface area contributed by atoms with E-state index in [1.165, 1.54) is 30.7 Å². The average Bonchev–Trinajstić information content (AvgIpc) is 3.50. The van der Waals surface area contributed by atoms with Crippen molar-refractivity contribution in [2.45, 2.75) is 57.2 Å². The molecule has 2 aromatic rings. The molecule has 5 rings (SSSR count). The van der Waals surface area contributed by atoms with E-state index in [1.54, 1.807) is 10.2 Å². The summed E-state index contributed by atoms with van der Waals surface area (Å²) in [6.45, 7) is 6.03. The fraction of sp³-hybridized carbons (Fsp3) is 0.560. The number of rotatable bonds is 9. The number of hydrazine groups is 1. The SMILES string of the molecule is COCCOc1cc(F)c(Nc2ncc(F)c(N[C@@H]3C[C@@H]4CCCN4C(C)(C)C3)n2)cc1N1N[I-]N(C)C1=O. The van der Waals surface area contributed by atoms with Crippen LogP contribution in [-0.2, 0) is 4.74 Å². The molecule has 0 saturated carbocycles. The van der Waals surface area contributed by atoms with Crippen LogP contribution in [0, 0.1) is 11.6 Å². The summed E-state index contributed by atoms with van der Waals surface area (Å²) in [5.74, 6) is -0.937. The number of methoxy groups -OCH3 is 1. The molecule has 3 saturated heterocycles. The molecule has 2 atom stereocenters. The predicted molar refractivity (Wildman–Crippen MR) is 138 cm³/mol. The van der Waals surface area contributed by atoms with E-state index in [4.69, 9.17) is 9.47 Å². The van der Waals surface area contributed by atoms with E-state index in [2.05, 4.69) is 43.0 Å². The number of amides is 2. The Hall–Kier alpha value is -2.56. The van der Waals surface area contributed by atoms with Crippen molar-refractivity contribution in [3.8, 4) is 5.75 Å². The molecule has 3 aliphatic rings. The number of nitrogens with zero attached hydrogens (tertiary/aromatic N) is 5. The maximum atomic E-state index is 15.2. The Kier molecular flexibility index (Phi) is 8.26. The van der Waals surface area contributed by atoms with Crippen LogP contribution in [-0.4, -0.2) is 75.6 Å². The monoisotopic (exact) mass is 659 g/mol. The molecule has 214 valence electrons. The standard InChI is InChI=1S/C25H34F2IN8O3/c1-25(2)13-15(10-16-6-5-7-35(16)25)30-22-18(27)14-29-23(32-22)31-19-12-20(36-24(37)34(3)28-33-36)21(11-17(19)26)39-9-8-38-4/h11-12,14-16,33H,5-10,13H2,1-4H3,(H2,29,30,31,32)/q-1/t15-,16+/m1/s1. The molecule has 0 bridgehead atoms. The van der Waals surface area contributed by atoms with Gasteiger partial charge in [-0.25, -0.2) is 0 Å². The number of anilines is 4. The number of nitrogens with one attached hydrogen (secondary N) is 3. The molecule has 3 aliphatic heterocycles. The van der Waals surface area contributed by atoms with Gasteiger partial charge in [0.25, 0.3) is 0 Å². The van der Waals surface area contributed by atoms with Crippen LogP contribution in [0.5, 0.6) is 5.75 Å². The van der Waals surface area contributed by atoms with Crippen LogP contribution in [0.15, 0.2) is 18.3 Å². The maximum absolute atomic E-state index is 15.2. The molecule has 1 aromatic heterocycles. The summed E-state index contributed by atoms with van der Waals surface area (Å²) in [6, 6.07) is 2.88. The second-order valence-electron chi connectivity index (χ2n) is 10.5. The van der Waals surface area contributed by atoms with Crippen LogP contribution in [0.25, 0.3) is 0 Å². The van der Waals surface area contributed by atoms with Crippen LogP contribution in [0.4, 0.5) is 36.7 Å². The first-order valence-electron chi connectivity index (χ1n) is 12.9. The number of urea groups is 1. The summed E-state index contributed by atoms with van der Waals surface area (Å²) >= 11 is -0.764. The summed E-state index contributed by atoms with van der Waals surface area (Å²) in [7, 11) is 3.22. The Morgan fingerprint density at radius 1 is 1.26 bits per heavy atom. The zero-order valence-corrected chi connectivity index (χ0v) is 24.6. The Labute approximate surface area is 237 Å². The van der Waals surface area contributed by atoms with Gasteiger partial charge in [-0.05, 0) is 33.2 Å². The molecule has 14 heteroatoms. The summed E-state index contributed by atoms with van der Waals surface area (Å²) in [5, 5.41) is 7.46. The van der Waals surface area contributed by atoms with Crippen LogP contribution in [0.3, 0.4) is 0 Å². The van der Waals surface area contributed by atoms with Gasteiger partial charge in [0.15, 0.2) is 0 Å². The summed E-state index contributed by atoms with van der Waals surface area (Å²) in [6.07, 6.45) is 5.15. The van der Waals surface area contributed by atoms with Gasteiger partial charge >= 0.3 is 188 Å². The molecule has 4 heterocycles. The van der Waals surface area contributed by atoms with E-state index in [9.17, 15) is 9.18 Å². The fourth-order valence-corrected chi connectivity index (χ4v) is 7.01. The molecule has 0 unspecified atom stereocenters.